The van der Waals surface area contributed by atoms with Crippen LogP contribution in [0, 0.1) is 6.92 Å². The van der Waals surface area contributed by atoms with E-state index in [0.717, 1.165) is 16.8 Å². The first kappa shape index (κ1) is 19.6. The van der Waals surface area contributed by atoms with E-state index in [1.165, 1.54) is 0 Å². The Kier molecular flexibility index (Phi) is 6.71. The number of likely N-dealkylation sites (N-methyl/N-ethyl adjacent to an activating group) is 1. The smallest absolute Gasteiger partial charge is 0.238 e. The predicted molar refractivity (Wildman–Crippen MR) is 107 cm³/mol. The van der Waals surface area contributed by atoms with Gasteiger partial charge in [0.15, 0.2) is 0 Å². The standard InChI is InChI=1S/C19H23Cl2N3O/c1-13-5-10-16(20)19(18(13)21)22-17(25)12-24(4)11-14-6-8-15(9-7-14)23(2)3/h5-10H,11-12H2,1-4H3,(H,22,25). The fourth-order valence-electron chi connectivity index (χ4n) is 2.46. The minimum atomic E-state index is -0.151. The van der Waals surface area contributed by atoms with Crippen LogP contribution in [0.2, 0.25) is 10.0 Å². The van der Waals surface area contributed by atoms with Gasteiger partial charge in [-0.25, -0.2) is 0 Å². The van der Waals surface area contributed by atoms with E-state index in [9.17, 15) is 4.79 Å². The molecule has 2 aromatic carbocycles. The summed E-state index contributed by atoms with van der Waals surface area (Å²) in [5.41, 5.74) is 3.63. The van der Waals surface area contributed by atoms with Crippen molar-refractivity contribution in [2.45, 2.75) is 13.5 Å². The lowest BCUT2D eigenvalue weighted by atomic mass is 10.2. The van der Waals surface area contributed by atoms with Crippen molar-refractivity contribution in [2.75, 3.05) is 37.9 Å². The van der Waals surface area contributed by atoms with Crippen molar-refractivity contribution in [1.82, 2.24) is 4.90 Å². The molecule has 4 nitrogen and oxygen atoms in total. The van der Waals surface area contributed by atoms with E-state index < -0.39 is 0 Å². The molecule has 134 valence electrons. The molecule has 0 aliphatic heterocycles. The monoisotopic (exact) mass is 379 g/mol. The Morgan fingerprint density at radius 2 is 1.68 bits per heavy atom. The average molecular weight is 380 g/mol. The summed E-state index contributed by atoms with van der Waals surface area (Å²) in [6.07, 6.45) is 0. The molecule has 0 fully saturated rings. The van der Waals surface area contributed by atoms with Crippen LogP contribution in [0.5, 0.6) is 0 Å². The third kappa shape index (κ3) is 5.36. The van der Waals surface area contributed by atoms with Crippen LogP contribution < -0.4 is 10.2 Å². The molecule has 6 heteroatoms. The number of hydrogen-bond acceptors (Lipinski definition) is 3. The average Bonchev–Trinajstić information content (AvgIpc) is 2.55. The molecule has 0 unspecified atom stereocenters. The van der Waals surface area contributed by atoms with Crippen molar-refractivity contribution in [3.63, 3.8) is 0 Å². The molecule has 2 aromatic rings. The maximum Gasteiger partial charge on any atom is 0.238 e. The molecule has 2 rings (SSSR count). The van der Waals surface area contributed by atoms with Gasteiger partial charge in [0.1, 0.15) is 0 Å². The van der Waals surface area contributed by atoms with Gasteiger partial charge in [0, 0.05) is 26.3 Å². The van der Waals surface area contributed by atoms with Gasteiger partial charge in [0.25, 0.3) is 0 Å². The van der Waals surface area contributed by atoms with E-state index in [0.29, 0.717) is 22.3 Å². The Balaban J connectivity index is 1.95. The third-order valence-corrected chi connectivity index (χ3v) is 4.67. The first-order valence-corrected chi connectivity index (χ1v) is 8.72. The molecular weight excluding hydrogens is 357 g/mol. The molecule has 0 radical (unpaired) electrons. The van der Waals surface area contributed by atoms with Gasteiger partial charge < -0.3 is 10.2 Å². The molecule has 0 spiro atoms. The SMILES string of the molecule is Cc1ccc(Cl)c(NC(=O)CN(C)Cc2ccc(N(C)C)cc2)c1Cl. The van der Waals surface area contributed by atoms with Crippen molar-refractivity contribution in [3.8, 4) is 0 Å². The summed E-state index contributed by atoms with van der Waals surface area (Å²) in [5.74, 6) is -0.151. The summed E-state index contributed by atoms with van der Waals surface area (Å²) in [6, 6.07) is 11.8. The lowest BCUT2D eigenvalue weighted by Gasteiger charge is -2.18. The fraction of sp³-hybridized carbons (Fsp3) is 0.316. The number of benzene rings is 2. The number of halogens is 2. The van der Waals surface area contributed by atoms with E-state index >= 15 is 0 Å². The van der Waals surface area contributed by atoms with Gasteiger partial charge in [-0.2, -0.15) is 0 Å². The van der Waals surface area contributed by atoms with Gasteiger partial charge >= 0.3 is 0 Å². The largest absolute Gasteiger partial charge is 0.378 e. The highest BCUT2D eigenvalue weighted by Gasteiger charge is 2.13. The number of nitrogens with one attached hydrogen (secondary N) is 1. The Morgan fingerprint density at radius 3 is 2.28 bits per heavy atom. The van der Waals surface area contributed by atoms with Crippen molar-refractivity contribution in [1.29, 1.82) is 0 Å². The lowest BCUT2D eigenvalue weighted by molar-refractivity contribution is -0.117. The highest BCUT2D eigenvalue weighted by atomic mass is 35.5. The molecular formula is C19H23Cl2N3O. The highest BCUT2D eigenvalue weighted by molar-refractivity contribution is 6.40. The van der Waals surface area contributed by atoms with Crippen LogP contribution in [0.15, 0.2) is 36.4 Å². The molecule has 0 aromatic heterocycles. The highest BCUT2D eigenvalue weighted by Crippen LogP contribution is 2.32. The molecule has 1 N–H and O–H groups in total. The quantitative estimate of drug-likeness (QED) is 0.805. The minimum Gasteiger partial charge on any atom is -0.378 e. The number of rotatable bonds is 6. The summed E-state index contributed by atoms with van der Waals surface area (Å²) in [5, 5.41) is 3.72. The number of hydrogen-bond donors (Lipinski definition) is 1. The van der Waals surface area contributed by atoms with Crippen molar-refractivity contribution < 1.29 is 4.79 Å². The molecule has 0 bridgehead atoms. The molecule has 1 amide bonds. The second kappa shape index (κ2) is 8.56. The van der Waals surface area contributed by atoms with Crippen LogP contribution >= 0.6 is 23.2 Å². The molecule has 0 saturated carbocycles. The van der Waals surface area contributed by atoms with Crippen LogP contribution in [0.3, 0.4) is 0 Å². The van der Waals surface area contributed by atoms with Crippen molar-refractivity contribution >= 4 is 40.5 Å². The molecule has 0 aliphatic carbocycles. The topological polar surface area (TPSA) is 35.6 Å². The lowest BCUT2D eigenvalue weighted by Crippen LogP contribution is -2.30. The van der Waals surface area contributed by atoms with E-state index in [2.05, 4.69) is 34.5 Å². The summed E-state index contributed by atoms with van der Waals surface area (Å²) < 4.78 is 0. The molecule has 0 aliphatic rings. The Labute approximate surface area is 159 Å². The number of anilines is 2. The molecule has 25 heavy (non-hydrogen) atoms. The van der Waals surface area contributed by atoms with Gasteiger partial charge in [-0.05, 0) is 43.3 Å². The first-order chi connectivity index (χ1) is 11.8. The number of carbonyl (C=O) groups excluding carboxylic acids is 1. The third-order valence-electron chi connectivity index (χ3n) is 3.87. The van der Waals surface area contributed by atoms with Gasteiger partial charge in [-0.15, -0.1) is 0 Å². The summed E-state index contributed by atoms with van der Waals surface area (Å²) in [7, 11) is 5.92. The Bertz CT molecular complexity index is 745. The Morgan fingerprint density at radius 1 is 1.04 bits per heavy atom. The van der Waals surface area contributed by atoms with E-state index in [1.54, 1.807) is 6.07 Å². The predicted octanol–water partition coefficient (Wildman–Crippen LogP) is 4.44. The van der Waals surface area contributed by atoms with Gasteiger partial charge in [0.05, 0.1) is 22.3 Å². The number of aryl methyl sites for hydroxylation is 1. The van der Waals surface area contributed by atoms with E-state index in [1.807, 2.05) is 39.0 Å². The van der Waals surface area contributed by atoms with Crippen LogP contribution in [-0.4, -0.2) is 38.5 Å². The molecule has 0 heterocycles. The zero-order valence-corrected chi connectivity index (χ0v) is 16.4. The first-order valence-electron chi connectivity index (χ1n) is 7.97. The zero-order chi connectivity index (χ0) is 18.6. The number of nitrogens with zero attached hydrogens (tertiary/aromatic N) is 2. The second-order valence-corrected chi connectivity index (χ2v) is 7.12. The zero-order valence-electron chi connectivity index (χ0n) is 14.9. The van der Waals surface area contributed by atoms with Crippen molar-refractivity contribution in [2.24, 2.45) is 0 Å². The van der Waals surface area contributed by atoms with Crippen LogP contribution in [0.25, 0.3) is 0 Å². The summed E-state index contributed by atoms with van der Waals surface area (Å²) in [6.45, 7) is 2.80. The van der Waals surface area contributed by atoms with Crippen LogP contribution in [-0.2, 0) is 11.3 Å². The van der Waals surface area contributed by atoms with Gasteiger partial charge in [-0.1, -0.05) is 41.4 Å². The minimum absolute atomic E-state index is 0.151. The molecule has 0 atom stereocenters. The summed E-state index contributed by atoms with van der Waals surface area (Å²) >= 11 is 12.4. The fourth-order valence-corrected chi connectivity index (χ4v) is 2.93. The van der Waals surface area contributed by atoms with Gasteiger partial charge in [0.2, 0.25) is 5.91 Å². The Hall–Kier alpha value is -1.75. The van der Waals surface area contributed by atoms with E-state index in [4.69, 9.17) is 23.2 Å². The normalized spacial score (nSPS) is 10.8. The summed E-state index contributed by atoms with van der Waals surface area (Å²) in [4.78, 5) is 16.3. The van der Waals surface area contributed by atoms with Crippen molar-refractivity contribution in [3.05, 3.63) is 57.6 Å². The van der Waals surface area contributed by atoms with Crippen LogP contribution in [0.1, 0.15) is 11.1 Å². The van der Waals surface area contributed by atoms with E-state index in [-0.39, 0.29) is 12.5 Å². The maximum atomic E-state index is 12.3. The second-order valence-electron chi connectivity index (χ2n) is 6.33. The van der Waals surface area contributed by atoms with Crippen LogP contribution in [0.4, 0.5) is 11.4 Å². The molecule has 0 saturated heterocycles. The maximum absolute atomic E-state index is 12.3. The number of amides is 1. The number of carbonyl (C=O) groups is 1. The van der Waals surface area contributed by atoms with Gasteiger partial charge in [-0.3, -0.25) is 9.69 Å².